The third-order valence-electron chi connectivity index (χ3n) is 5.46. The zero-order valence-electron chi connectivity index (χ0n) is 17.3. The maximum Gasteiger partial charge on any atom is 0.256 e. The maximum absolute atomic E-state index is 12.6. The van der Waals surface area contributed by atoms with E-state index < -0.39 is 10.0 Å². The molecule has 164 valence electrons. The van der Waals surface area contributed by atoms with Crippen LogP contribution in [0.4, 0.5) is 11.4 Å². The third-order valence-corrected chi connectivity index (χ3v) is 7.76. The lowest BCUT2D eigenvalue weighted by Crippen LogP contribution is -2.38. The lowest BCUT2D eigenvalue weighted by atomic mass is 10.1. The van der Waals surface area contributed by atoms with E-state index in [1.807, 2.05) is 12.1 Å². The smallest absolute Gasteiger partial charge is 0.256 e. The fourth-order valence-electron chi connectivity index (χ4n) is 3.90. The van der Waals surface area contributed by atoms with E-state index in [2.05, 4.69) is 51.0 Å². The number of hydrogen-bond donors (Lipinski definition) is 1. The quantitative estimate of drug-likeness (QED) is 0.681. The number of hydrogen-bond acceptors (Lipinski definition) is 6. The molecule has 0 aromatic heterocycles. The number of para-hydroxylation sites is 2. The Balaban J connectivity index is 1.21. The number of nitrogens with one attached hydrogen (secondary N) is 1. The first-order valence-electron chi connectivity index (χ1n) is 10.4. The predicted octanol–water partition coefficient (Wildman–Crippen LogP) is 3.29. The van der Waals surface area contributed by atoms with E-state index in [0.29, 0.717) is 24.5 Å². The van der Waals surface area contributed by atoms with Crippen molar-refractivity contribution in [3.8, 4) is 0 Å². The van der Waals surface area contributed by atoms with Crippen molar-refractivity contribution in [3.63, 3.8) is 0 Å². The number of nitrogens with zero attached hydrogens (tertiary/aromatic N) is 3. The second kappa shape index (κ2) is 8.48. The molecule has 5 rings (SSSR count). The van der Waals surface area contributed by atoms with E-state index in [1.54, 1.807) is 35.0 Å². The molecule has 1 amide bonds. The number of rotatable bonds is 5. The zero-order chi connectivity index (χ0) is 22.1. The van der Waals surface area contributed by atoms with Crippen molar-refractivity contribution in [1.82, 2.24) is 10.2 Å². The Labute approximate surface area is 191 Å². The molecule has 2 aromatic carbocycles. The lowest BCUT2D eigenvalue weighted by molar-refractivity contribution is -0.117. The molecule has 0 fully saturated rings. The molecule has 3 aliphatic heterocycles. The minimum Gasteiger partial charge on any atom is -0.352 e. The van der Waals surface area contributed by atoms with Crippen molar-refractivity contribution in [2.75, 3.05) is 30.3 Å². The standard InChI is InChI=1S/C23H22N4O3S2/c28-23(17-10-11-22-25-32(29,30)15-14-26(22)16-17)24-12-5-13-27-18-6-1-3-8-20(18)31-21-9-4-2-7-19(21)27/h1-4,6-11,16H,5,12-15H2,(H,24,28). The molecule has 0 unspecified atom stereocenters. The molecule has 9 heteroatoms. The van der Waals surface area contributed by atoms with Gasteiger partial charge in [0.2, 0.25) is 0 Å². The van der Waals surface area contributed by atoms with Gasteiger partial charge in [-0.15, -0.1) is 4.40 Å². The SMILES string of the molecule is O=C(NCCCN1c2ccccc2Sc2ccccc21)C1=CN2CCS(=O)(=O)N=C2C=C1. The molecule has 0 saturated carbocycles. The van der Waals surface area contributed by atoms with Gasteiger partial charge in [-0.25, -0.2) is 8.42 Å². The van der Waals surface area contributed by atoms with Crippen molar-refractivity contribution in [2.24, 2.45) is 4.40 Å². The summed E-state index contributed by atoms with van der Waals surface area (Å²) < 4.78 is 27.0. The molecular formula is C23H22N4O3S2. The molecular weight excluding hydrogens is 444 g/mol. The second-order valence-corrected chi connectivity index (χ2v) is 10.5. The summed E-state index contributed by atoms with van der Waals surface area (Å²) in [4.78, 5) is 19.1. The number of fused-ring (bicyclic) bond motifs is 3. The number of amides is 1. The minimum absolute atomic E-state index is 0.0488. The van der Waals surface area contributed by atoms with Crippen molar-refractivity contribution in [3.05, 3.63) is 72.5 Å². The average molecular weight is 467 g/mol. The molecule has 0 atom stereocenters. The fourth-order valence-corrected chi connectivity index (χ4v) is 5.96. The molecule has 32 heavy (non-hydrogen) atoms. The summed E-state index contributed by atoms with van der Waals surface area (Å²) in [5.41, 5.74) is 2.87. The average Bonchev–Trinajstić information content (AvgIpc) is 2.80. The summed E-state index contributed by atoms with van der Waals surface area (Å²) in [5, 5.41) is 2.98. The van der Waals surface area contributed by atoms with Crippen molar-refractivity contribution < 1.29 is 13.2 Å². The van der Waals surface area contributed by atoms with Gasteiger partial charge in [-0.3, -0.25) is 4.79 Å². The van der Waals surface area contributed by atoms with Gasteiger partial charge in [-0.1, -0.05) is 36.0 Å². The monoisotopic (exact) mass is 466 g/mol. The van der Waals surface area contributed by atoms with E-state index in [0.717, 1.165) is 13.0 Å². The normalized spacial score (nSPS) is 18.1. The van der Waals surface area contributed by atoms with Crippen LogP contribution in [-0.4, -0.2) is 50.4 Å². The topological polar surface area (TPSA) is 82.1 Å². The van der Waals surface area contributed by atoms with E-state index >= 15 is 0 Å². The number of amidine groups is 1. The zero-order valence-corrected chi connectivity index (χ0v) is 18.9. The first kappa shape index (κ1) is 20.8. The van der Waals surface area contributed by atoms with Gasteiger partial charge in [0.1, 0.15) is 5.84 Å². The van der Waals surface area contributed by atoms with Gasteiger partial charge in [0.15, 0.2) is 0 Å². The summed E-state index contributed by atoms with van der Waals surface area (Å²) in [5.74, 6) is 0.129. The molecule has 3 aliphatic rings. The Morgan fingerprint density at radius 1 is 1.03 bits per heavy atom. The first-order chi connectivity index (χ1) is 15.5. The van der Waals surface area contributed by atoms with Gasteiger partial charge in [-0.2, -0.15) is 0 Å². The van der Waals surface area contributed by atoms with E-state index in [1.165, 1.54) is 21.2 Å². The highest BCUT2D eigenvalue weighted by Gasteiger charge is 2.25. The van der Waals surface area contributed by atoms with Crippen LogP contribution in [0.3, 0.4) is 0 Å². The van der Waals surface area contributed by atoms with Gasteiger partial charge in [0.05, 0.1) is 22.7 Å². The van der Waals surface area contributed by atoms with Gasteiger partial charge >= 0.3 is 0 Å². The summed E-state index contributed by atoms with van der Waals surface area (Å²) in [6.07, 6.45) is 5.63. The van der Waals surface area contributed by atoms with Crippen LogP contribution in [0.15, 0.2) is 86.6 Å². The summed E-state index contributed by atoms with van der Waals surface area (Å²) in [7, 11) is -3.40. The van der Waals surface area contributed by atoms with Crippen LogP contribution in [0.1, 0.15) is 6.42 Å². The summed E-state index contributed by atoms with van der Waals surface area (Å²) in [6.45, 7) is 1.62. The van der Waals surface area contributed by atoms with E-state index in [-0.39, 0.29) is 11.7 Å². The van der Waals surface area contributed by atoms with E-state index in [9.17, 15) is 13.2 Å². The Kier molecular flexibility index (Phi) is 5.52. The van der Waals surface area contributed by atoms with Crippen molar-refractivity contribution in [1.29, 1.82) is 0 Å². The summed E-state index contributed by atoms with van der Waals surface area (Å²) >= 11 is 1.78. The maximum atomic E-state index is 12.6. The van der Waals surface area contributed by atoms with Gasteiger partial charge in [0, 0.05) is 35.6 Å². The predicted molar refractivity (Wildman–Crippen MR) is 127 cm³/mol. The Bertz CT molecular complexity index is 1220. The Morgan fingerprint density at radius 3 is 2.44 bits per heavy atom. The molecule has 1 N–H and O–H groups in total. The molecule has 2 aromatic rings. The highest BCUT2D eigenvalue weighted by Crippen LogP contribution is 2.47. The molecule has 0 bridgehead atoms. The highest BCUT2D eigenvalue weighted by molar-refractivity contribution is 7.99. The van der Waals surface area contributed by atoms with Crippen LogP contribution in [0.2, 0.25) is 0 Å². The number of carbonyl (C=O) groups is 1. The van der Waals surface area contributed by atoms with Crippen LogP contribution in [0.5, 0.6) is 0 Å². The molecule has 3 heterocycles. The van der Waals surface area contributed by atoms with Gasteiger partial charge in [0.25, 0.3) is 15.9 Å². The largest absolute Gasteiger partial charge is 0.352 e. The number of anilines is 2. The van der Waals surface area contributed by atoms with Gasteiger partial charge < -0.3 is 15.1 Å². The fraction of sp³-hybridized carbons (Fsp3) is 0.217. The number of carbonyl (C=O) groups excluding carboxylic acids is 1. The van der Waals surface area contributed by atoms with Crippen LogP contribution >= 0.6 is 11.8 Å². The molecule has 0 saturated heterocycles. The number of sulfonamides is 1. The molecule has 0 radical (unpaired) electrons. The molecule has 7 nitrogen and oxygen atoms in total. The lowest BCUT2D eigenvalue weighted by Gasteiger charge is -2.32. The minimum atomic E-state index is -3.40. The Morgan fingerprint density at radius 2 is 1.72 bits per heavy atom. The van der Waals surface area contributed by atoms with Crippen LogP contribution in [0, 0.1) is 0 Å². The number of benzene rings is 2. The second-order valence-electron chi connectivity index (χ2n) is 7.65. The molecule has 0 aliphatic carbocycles. The van der Waals surface area contributed by atoms with Crippen molar-refractivity contribution >= 4 is 44.9 Å². The van der Waals surface area contributed by atoms with Crippen LogP contribution < -0.4 is 10.2 Å². The summed E-state index contributed by atoms with van der Waals surface area (Å²) in [6, 6.07) is 16.7. The van der Waals surface area contributed by atoms with Crippen LogP contribution in [0.25, 0.3) is 0 Å². The van der Waals surface area contributed by atoms with Crippen LogP contribution in [-0.2, 0) is 14.8 Å². The van der Waals surface area contributed by atoms with Gasteiger partial charge in [-0.05, 0) is 42.8 Å². The van der Waals surface area contributed by atoms with E-state index in [4.69, 9.17) is 0 Å². The van der Waals surface area contributed by atoms with Crippen molar-refractivity contribution in [2.45, 2.75) is 16.2 Å². The Hall–Kier alpha value is -3.04. The molecule has 0 spiro atoms. The third kappa shape index (κ3) is 4.18. The first-order valence-corrected chi connectivity index (χ1v) is 12.8. The highest BCUT2D eigenvalue weighted by atomic mass is 32.2.